The molecule has 92 valence electrons. The molecule has 0 fully saturated rings. The van der Waals surface area contributed by atoms with Crippen molar-refractivity contribution in [2.45, 2.75) is 6.42 Å². The number of nitrogens with two attached hydrogens (primary N) is 2. The van der Waals surface area contributed by atoms with E-state index in [0.717, 1.165) is 0 Å². The molecule has 5 nitrogen and oxygen atoms in total. The Balaban J connectivity index is 2.75. The van der Waals surface area contributed by atoms with Gasteiger partial charge < -0.3 is 16.2 Å². The predicted octanol–water partition coefficient (Wildman–Crippen LogP) is 0.579. The third-order valence-corrected chi connectivity index (χ3v) is 1.89. The first-order chi connectivity index (χ1) is 7.91. The van der Waals surface area contributed by atoms with Crippen LogP contribution < -0.4 is 11.5 Å². The van der Waals surface area contributed by atoms with E-state index in [1.807, 2.05) is 0 Å². The van der Waals surface area contributed by atoms with Gasteiger partial charge in [0.25, 0.3) is 0 Å². The highest BCUT2D eigenvalue weighted by Gasteiger charge is 2.16. The maximum Gasteiger partial charge on any atom is 0.341 e. The summed E-state index contributed by atoms with van der Waals surface area (Å²) in [6.07, 6.45) is -0.190. The Morgan fingerprint density at radius 2 is 1.88 bits per heavy atom. The number of primary amides is 1. The molecule has 4 N–H and O–H groups in total. The SMILES string of the molecule is NC(=O)CCOC(=O)c1cc(F)c(N)cc1F. The molecule has 0 unspecified atom stereocenters. The minimum absolute atomic E-state index is 0.190. The number of esters is 1. The fraction of sp³-hybridized carbons (Fsp3) is 0.200. The van der Waals surface area contributed by atoms with Gasteiger partial charge in [0.1, 0.15) is 18.2 Å². The average Bonchev–Trinajstić information content (AvgIpc) is 2.22. The summed E-state index contributed by atoms with van der Waals surface area (Å²) in [5.74, 6) is -3.66. The van der Waals surface area contributed by atoms with E-state index in [4.69, 9.17) is 11.5 Å². The summed E-state index contributed by atoms with van der Waals surface area (Å²) in [4.78, 5) is 21.7. The number of amides is 1. The molecule has 0 spiro atoms. The number of hydrogen-bond acceptors (Lipinski definition) is 4. The number of hydrogen-bond donors (Lipinski definition) is 2. The molecule has 1 rings (SSSR count). The van der Waals surface area contributed by atoms with Crippen molar-refractivity contribution in [1.29, 1.82) is 0 Å². The van der Waals surface area contributed by atoms with Crippen molar-refractivity contribution in [2.24, 2.45) is 5.73 Å². The van der Waals surface area contributed by atoms with Crippen LogP contribution in [0.5, 0.6) is 0 Å². The van der Waals surface area contributed by atoms with Crippen molar-refractivity contribution in [3.63, 3.8) is 0 Å². The van der Waals surface area contributed by atoms with E-state index in [-0.39, 0.29) is 13.0 Å². The van der Waals surface area contributed by atoms with Gasteiger partial charge in [0.05, 0.1) is 17.7 Å². The van der Waals surface area contributed by atoms with Crippen molar-refractivity contribution in [3.05, 3.63) is 29.3 Å². The summed E-state index contributed by atoms with van der Waals surface area (Å²) >= 11 is 0. The lowest BCUT2D eigenvalue weighted by molar-refractivity contribution is -0.118. The molecule has 0 bridgehead atoms. The van der Waals surface area contributed by atoms with Gasteiger partial charge in [-0.15, -0.1) is 0 Å². The van der Waals surface area contributed by atoms with E-state index in [9.17, 15) is 18.4 Å². The van der Waals surface area contributed by atoms with E-state index in [0.29, 0.717) is 12.1 Å². The number of benzene rings is 1. The molecule has 0 aliphatic rings. The van der Waals surface area contributed by atoms with Gasteiger partial charge in [-0.25, -0.2) is 13.6 Å². The first kappa shape index (κ1) is 12.9. The standard InChI is InChI=1S/C10H10F2N2O3/c11-6-4-8(13)7(12)3-5(6)10(16)17-2-1-9(14)15/h3-4H,1-2,13H2,(H2,14,15). The zero-order valence-corrected chi connectivity index (χ0v) is 8.70. The molecule has 17 heavy (non-hydrogen) atoms. The number of nitrogen functional groups attached to an aromatic ring is 1. The highest BCUT2D eigenvalue weighted by atomic mass is 19.1. The molecule has 0 aromatic heterocycles. The maximum absolute atomic E-state index is 13.2. The molecule has 7 heteroatoms. The Morgan fingerprint density at radius 3 is 2.47 bits per heavy atom. The van der Waals surface area contributed by atoms with Crippen LogP contribution in [0.15, 0.2) is 12.1 Å². The summed E-state index contributed by atoms with van der Waals surface area (Å²) in [5, 5.41) is 0. The summed E-state index contributed by atoms with van der Waals surface area (Å²) in [5.41, 5.74) is 8.92. The quantitative estimate of drug-likeness (QED) is 0.598. The first-order valence-electron chi connectivity index (χ1n) is 4.61. The summed E-state index contributed by atoms with van der Waals surface area (Å²) < 4.78 is 30.8. The second-order valence-electron chi connectivity index (χ2n) is 3.21. The second kappa shape index (κ2) is 5.24. The summed E-state index contributed by atoms with van der Waals surface area (Å²) in [7, 11) is 0. The Labute approximate surface area is 95.3 Å². The van der Waals surface area contributed by atoms with Gasteiger partial charge in [-0.1, -0.05) is 0 Å². The smallest absolute Gasteiger partial charge is 0.341 e. The van der Waals surface area contributed by atoms with Crippen molar-refractivity contribution >= 4 is 17.6 Å². The van der Waals surface area contributed by atoms with Gasteiger partial charge in [-0.05, 0) is 6.07 Å². The molecule has 0 aliphatic heterocycles. The molecule has 0 aliphatic carbocycles. The molecule has 0 saturated heterocycles. The largest absolute Gasteiger partial charge is 0.461 e. The van der Waals surface area contributed by atoms with E-state index in [1.165, 1.54) is 0 Å². The van der Waals surface area contributed by atoms with Crippen molar-refractivity contribution in [3.8, 4) is 0 Å². The first-order valence-corrected chi connectivity index (χ1v) is 4.61. The van der Waals surface area contributed by atoms with Crippen LogP contribution in [0.25, 0.3) is 0 Å². The normalized spacial score (nSPS) is 10.0. The van der Waals surface area contributed by atoms with Gasteiger partial charge in [-0.2, -0.15) is 0 Å². The zero-order valence-electron chi connectivity index (χ0n) is 8.70. The topological polar surface area (TPSA) is 95.4 Å². The molecule has 0 atom stereocenters. The lowest BCUT2D eigenvalue weighted by atomic mass is 10.2. The molecule has 0 heterocycles. The number of carbonyl (C=O) groups excluding carboxylic acids is 2. The Bertz CT molecular complexity index is 463. The van der Waals surface area contributed by atoms with E-state index >= 15 is 0 Å². The highest BCUT2D eigenvalue weighted by Crippen LogP contribution is 2.17. The van der Waals surface area contributed by atoms with E-state index < -0.39 is 34.8 Å². The summed E-state index contributed by atoms with van der Waals surface area (Å²) in [6, 6.07) is 1.32. The van der Waals surface area contributed by atoms with Gasteiger partial charge in [0.2, 0.25) is 5.91 Å². The minimum atomic E-state index is -1.08. The molecular formula is C10H10F2N2O3. The van der Waals surface area contributed by atoms with Crippen LogP contribution in [0.2, 0.25) is 0 Å². The van der Waals surface area contributed by atoms with Crippen LogP contribution in [-0.4, -0.2) is 18.5 Å². The predicted molar refractivity (Wildman–Crippen MR) is 54.9 cm³/mol. The molecular weight excluding hydrogens is 234 g/mol. The second-order valence-corrected chi connectivity index (χ2v) is 3.21. The minimum Gasteiger partial charge on any atom is -0.461 e. The van der Waals surface area contributed by atoms with Crippen LogP contribution in [0.1, 0.15) is 16.8 Å². The van der Waals surface area contributed by atoms with Crippen molar-refractivity contribution < 1.29 is 23.1 Å². The van der Waals surface area contributed by atoms with Crippen LogP contribution in [0.4, 0.5) is 14.5 Å². The van der Waals surface area contributed by atoms with E-state index in [1.54, 1.807) is 0 Å². The Hall–Kier alpha value is -2.18. The lowest BCUT2D eigenvalue weighted by Crippen LogP contribution is -2.16. The number of anilines is 1. The van der Waals surface area contributed by atoms with Crippen LogP contribution in [-0.2, 0) is 9.53 Å². The monoisotopic (exact) mass is 244 g/mol. The maximum atomic E-state index is 13.2. The molecule has 1 aromatic rings. The van der Waals surface area contributed by atoms with Crippen molar-refractivity contribution in [1.82, 2.24) is 0 Å². The molecule has 1 amide bonds. The average molecular weight is 244 g/mol. The van der Waals surface area contributed by atoms with Crippen LogP contribution in [0, 0.1) is 11.6 Å². The zero-order chi connectivity index (χ0) is 13.0. The molecule has 0 radical (unpaired) electrons. The molecule has 1 aromatic carbocycles. The van der Waals surface area contributed by atoms with E-state index in [2.05, 4.69) is 4.74 Å². The van der Waals surface area contributed by atoms with Gasteiger partial charge >= 0.3 is 5.97 Å². The van der Waals surface area contributed by atoms with Crippen molar-refractivity contribution in [2.75, 3.05) is 12.3 Å². The summed E-state index contributed by atoms with van der Waals surface area (Å²) in [6.45, 7) is -0.292. The number of rotatable bonds is 4. The highest BCUT2D eigenvalue weighted by molar-refractivity contribution is 5.90. The third kappa shape index (κ3) is 3.40. The molecule has 0 saturated carbocycles. The van der Waals surface area contributed by atoms with Gasteiger partial charge in [0, 0.05) is 6.07 Å². The lowest BCUT2D eigenvalue weighted by Gasteiger charge is -2.05. The number of ether oxygens (including phenoxy) is 1. The van der Waals surface area contributed by atoms with Gasteiger partial charge in [0.15, 0.2) is 0 Å². The van der Waals surface area contributed by atoms with Crippen LogP contribution in [0.3, 0.4) is 0 Å². The fourth-order valence-corrected chi connectivity index (χ4v) is 1.04. The Morgan fingerprint density at radius 1 is 1.24 bits per heavy atom. The van der Waals surface area contributed by atoms with Crippen LogP contribution >= 0.6 is 0 Å². The fourth-order valence-electron chi connectivity index (χ4n) is 1.04. The number of halogens is 2. The van der Waals surface area contributed by atoms with Gasteiger partial charge in [-0.3, -0.25) is 4.79 Å². The Kier molecular flexibility index (Phi) is 3.97. The number of carbonyl (C=O) groups is 2. The third-order valence-electron chi connectivity index (χ3n) is 1.89.